The summed E-state index contributed by atoms with van der Waals surface area (Å²) in [6.07, 6.45) is 3.88. The fraction of sp³-hybridized carbons (Fsp3) is 0.909. The first kappa shape index (κ1) is 27.1. The molecule has 3 unspecified atom stereocenters. The summed E-state index contributed by atoms with van der Waals surface area (Å²) in [5.41, 5.74) is 0. The topological polar surface area (TPSA) is 38.7 Å². The summed E-state index contributed by atoms with van der Waals surface area (Å²) in [6.45, 7) is 29.3. The lowest BCUT2D eigenvalue weighted by Crippen LogP contribution is -2.46. The molecule has 0 saturated carbocycles. The molecule has 0 spiro atoms. The predicted octanol–water partition coefficient (Wildman–Crippen LogP) is 6.75. The summed E-state index contributed by atoms with van der Waals surface area (Å²) in [6, 6.07) is 0. The number of allylic oxidation sites excluding steroid dienone is 1. The van der Waals surface area contributed by atoms with Crippen LogP contribution in [0.3, 0.4) is 0 Å². The van der Waals surface area contributed by atoms with Crippen LogP contribution in [-0.4, -0.2) is 40.6 Å². The van der Waals surface area contributed by atoms with Crippen molar-refractivity contribution in [3.8, 4) is 0 Å². The van der Waals surface area contributed by atoms with Crippen LogP contribution in [0.2, 0.25) is 36.3 Å². The van der Waals surface area contributed by atoms with Gasteiger partial charge >= 0.3 is 0 Å². The molecule has 1 N–H and O–H groups in total. The van der Waals surface area contributed by atoms with Gasteiger partial charge in [-0.3, -0.25) is 0 Å². The Morgan fingerprint density at radius 3 is 1.85 bits per heavy atom. The maximum absolute atomic E-state index is 10.7. The molecule has 5 heteroatoms. The molecular weight excluding hydrogens is 368 g/mol. The zero-order valence-corrected chi connectivity index (χ0v) is 22.1. The summed E-state index contributed by atoms with van der Waals surface area (Å²) >= 11 is 0. The normalized spacial score (nSPS) is 17.5. The molecule has 0 amide bonds. The number of rotatable bonds is 11. The molecule has 0 aromatic rings. The van der Waals surface area contributed by atoms with E-state index in [1.807, 2.05) is 6.08 Å². The first-order chi connectivity index (χ1) is 11.9. The van der Waals surface area contributed by atoms with Gasteiger partial charge in [0, 0.05) is 6.61 Å². The number of hydrogen-bond donors (Lipinski definition) is 1. The van der Waals surface area contributed by atoms with E-state index in [1.54, 1.807) is 0 Å². The highest BCUT2D eigenvalue weighted by Gasteiger charge is 2.40. The number of aliphatic hydroxyl groups excluding tert-OH is 1. The van der Waals surface area contributed by atoms with Crippen molar-refractivity contribution in [2.24, 2.45) is 5.92 Å². The van der Waals surface area contributed by atoms with Crippen LogP contribution in [0.4, 0.5) is 0 Å². The zero-order valence-electron chi connectivity index (χ0n) is 20.1. The van der Waals surface area contributed by atoms with Crippen molar-refractivity contribution in [3.63, 3.8) is 0 Å². The Hall–Kier alpha value is 0.0538. The Morgan fingerprint density at radius 1 is 0.963 bits per heavy atom. The molecule has 0 saturated heterocycles. The van der Waals surface area contributed by atoms with Gasteiger partial charge in [0.05, 0.1) is 12.2 Å². The van der Waals surface area contributed by atoms with E-state index in [4.69, 9.17) is 8.85 Å². The van der Waals surface area contributed by atoms with Crippen molar-refractivity contribution in [1.29, 1.82) is 0 Å². The van der Waals surface area contributed by atoms with Crippen molar-refractivity contribution < 1.29 is 14.0 Å². The fourth-order valence-corrected chi connectivity index (χ4v) is 4.92. The molecule has 0 aliphatic heterocycles. The maximum Gasteiger partial charge on any atom is 0.192 e. The molecular formula is C22H48O3Si2. The maximum atomic E-state index is 10.7. The second-order valence-corrected chi connectivity index (χ2v) is 20.8. The SMILES string of the molecule is C=CCC(C)C(CC(O)CCO[Si](C)(C)C(C)(C)C)O[Si](C)(C)C(C)(C)C. The van der Waals surface area contributed by atoms with Crippen LogP contribution >= 0.6 is 0 Å². The molecule has 0 aromatic heterocycles. The molecule has 0 heterocycles. The van der Waals surface area contributed by atoms with Crippen molar-refractivity contribution >= 4 is 16.6 Å². The molecule has 0 radical (unpaired) electrons. The van der Waals surface area contributed by atoms with Crippen molar-refractivity contribution in [2.45, 2.75) is 116 Å². The smallest absolute Gasteiger partial charge is 0.192 e. The lowest BCUT2D eigenvalue weighted by Gasteiger charge is -2.41. The van der Waals surface area contributed by atoms with Crippen LogP contribution in [0.25, 0.3) is 0 Å². The Balaban J connectivity index is 4.90. The van der Waals surface area contributed by atoms with Crippen LogP contribution in [0.5, 0.6) is 0 Å². The van der Waals surface area contributed by atoms with Gasteiger partial charge in [-0.05, 0) is 61.4 Å². The van der Waals surface area contributed by atoms with Gasteiger partial charge in [0.15, 0.2) is 16.6 Å². The molecule has 0 aromatic carbocycles. The van der Waals surface area contributed by atoms with Crippen LogP contribution in [-0.2, 0) is 8.85 Å². The largest absolute Gasteiger partial charge is 0.417 e. The molecule has 0 aliphatic rings. The molecule has 27 heavy (non-hydrogen) atoms. The quantitative estimate of drug-likeness (QED) is 0.299. The van der Waals surface area contributed by atoms with Gasteiger partial charge in [-0.15, -0.1) is 6.58 Å². The Kier molecular flexibility index (Phi) is 10.2. The summed E-state index contributed by atoms with van der Waals surface area (Å²) in [7, 11) is -3.64. The minimum absolute atomic E-state index is 0.0618. The highest BCUT2D eigenvalue weighted by Crippen LogP contribution is 2.39. The van der Waals surface area contributed by atoms with E-state index in [0.717, 1.165) is 6.42 Å². The van der Waals surface area contributed by atoms with Gasteiger partial charge in [0.25, 0.3) is 0 Å². The molecule has 0 rings (SSSR count). The fourth-order valence-electron chi connectivity index (χ4n) is 2.42. The van der Waals surface area contributed by atoms with E-state index >= 15 is 0 Å². The lowest BCUT2D eigenvalue weighted by atomic mass is 9.95. The third kappa shape index (κ3) is 8.94. The number of aliphatic hydroxyl groups is 1. The van der Waals surface area contributed by atoms with Crippen LogP contribution < -0.4 is 0 Å². The highest BCUT2D eigenvalue weighted by atomic mass is 28.4. The van der Waals surface area contributed by atoms with E-state index in [0.29, 0.717) is 25.4 Å². The predicted molar refractivity (Wildman–Crippen MR) is 124 cm³/mol. The van der Waals surface area contributed by atoms with Crippen molar-refractivity contribution in [1.82, 2.24) is 0 Å². The molecule has 162 valence electrons. The van der Waals surface area contributed by atoms with Gasteiger partial charge in [-0.2, -0.15) is 0 Å². The average Bonchev–Trinajstić information content (AvgIpc) is 2.43. The Bertz CT molecular complexity index is 447. The van der Waals surface area contributed by atoms with Gasteiger partial charge in [-0.25, -0.2) is 0 Å². The van der Waals surface area contributed by atoms with Crippen LogP contribution in [0.15, 0.2) is 12.7 Å². The average molecular weight is 417 g/mol. The molecule has 0 fully saturated rings. The van der Waals surface area contributed by atoms with E-state index in [2.05, 4.69) is 81.2 Å². The first-order valence-corrected chi connectivity index (χ1v) is 16.4. The van der Waals surface area contributed by atoms with E-state index < -0.39 is 22.7 Å². The second-order valence-electron chi connectivity index (χ2n) is 11.2. The summed E-state index contributed by atoms with van der Waals surface area (Å²) in [5.74, 6) is 0.354. The van der Waals surface area contributed by atoms with Gasteiger partial charge in [0.2, 0.25) is 0 Å². The third-order valence-corrected chi connectivity index (χ3v) is 15.7. The van der Waals surface area contributed by atoms with Crippen molar-refractivity contribution in [2.75, 3.05) is 6.61 Å². The highest BCUT2D eigenvalue weighted by molar-refractivity contribution is 6.74. The standard InChI is InChI=1S/C22H48O3Si2/c1-13-14-18(2)20(25-27(11,12)22(6,7)8)17-19(23)15-16-24-26(9,10)21(3,4)5/h13,18-20,23H,1,14-17H2,2-12H3. The molecule has 0 bridgehead atoms. The van der Waals surface area contributed by atoms with E-state index in [1.165, 1.54) is 0 Å². The molecule has 3 nitrogen and oxygen atoms in total. The number of hydrogen-bond acceptors (Lipinski definition) is 3. The van der Waals surface area contributed by atoms with Gasteiger partial charge < -0.3 is 14.0 Å². The first-order valence-electron chi connectivity index (χ1n) is 10.6. The zero-order chi connectivity index (χ0) is 21.7. The lowest BCUT2D eigenvalue weighted by molar-refractivity contribution is 0.0456. The molecule has 0 aliphatic carbocycles. The van der Waals surface area contributed by atoms with Crippen LogP contribution in [0, 0.1) is 5.92 Å². The summed E-state index contributed by atoms with van der Waals surface area (Å²) < 4.78 is 12.9. The Morgan fingerprint density at radius 2 is 1.44 bits per heavy atom. The second kappa shape index (κ2) is 10.2. The van der Waals surface area contributed by atoms with Crippen molar-refractivity contribution in [3.05, 3.63) is 12.7 Å². The minimum Gasteiger partial charge on any atom is -0.417 e. The van der Waals surface area contributed by atoms with Crippen LogP contribution in [0.1, 0.15) is 67.7 Å². The Labute approximate surface area is 172 Å². The third-order valence-electron chi connectivity index (χ3n) is 6.65. The summed E-state index contributed by atoms with van der Waals surface area (Å²) in [4.78, 5) is 0. The monoisotopic (exact) mass is 416 g/mol. The summed E-state index contributed by atoms with van der Waals surface area (Å²) in [5, 5.41) is 11.0. The molecule has 3 atom stereocenters. The van der Waals surface area contributed by atoms with E-state index in [-0.39, 0.29) is 16.2 Å². The van der Waals surface area contributed by atoms with Gasteiger partial charge in [0.1, 0.15) is 0 Å². The minimum atomic E-state index is -1.88. The van der Waals surface area contributed by atoms with Gasteiger partial charge in [-0.1, -0.05) is 54.5 Å². The van der Waals surface area contributed by atoms with E-state index in [9.17, 15) is 5.11 Å².